The molecular formula is C19H26N4O2. The van der Waals surface area contributed by atoms with Gasteiger partial charge in [-0.15, -0.1) is 0 Å². The maximum atomic E-state index is 12.3. The third-order valence-corrected chi connectivity index (χ3v) is 4.69. The lowest BCUT2D eigenvalue weighted by Gasteiger charge is -2.22. The Hall–Kier alpha value is -2.34. The number of anilines is 1. The van der Waals surface area contributed by atoms with Gasteiger partial charge in [-0.2, -0.15) is 5.10 Å². The lowest BCUT2D eigenvalue weighted by atomic mass is 9.96. The van der Waals surface area contributed by atoms with Gasteiger partial charge in [0.2, 0.25) is 0 Å². The smallest absolute Gasteiger partial charge is 0.320 e. The van der Waals surface area contributed by atoms with E-state index in [1.807, 2.05) is 37.3 Å². The summed E-state index contributed by atoms with van der Waals surface area (Å²) in [4.78, 5) is 12.3. The molecule has 0 radical (unpaired) electrons. The number of nitrogens with one attached hydrogen (secondary N) is 2. The first-order chi connectivity index (χ1) is 12.2. The molecule has 0 unspecified atom stereocenters. The van der Waals surface area contributed by atoms with Gasteiger partial charge in [0.15, 0.2) is 0 Å². The van der Waals surface area contributed by atoms with Gasteiger partial charge in [0.1, 0.15) is 5.82 Å². The second kappa shape index (κ2) is 8.16. The van der Waals surface area contributed by atoms with Gasteiger partial charge in [0.25, 0.3) is 0 Å². The van der Waals surface area contributed by atoms with Gasteiger partial charge < -0.3 is 10.4 Å². The summed E-state index contributed by atoms with van der Waals surface area (Å²) in [5.74, 6) is 0.598. The fraction of sp³-hybridized carbons (Fsp3) is 0.474. The van der Waals surface area contributed by atoms with Crippen molar-refractivity contribution in [2.75, 3.05) is 11.9 Å². The number of urea groups is 1. The molecule has 0 bridgehead atoms. The molecule has 1 aliphatic carbocycles. The van der Waals surface area contributed by atoms with E-state index >= 15 is 0 Å². The SMILES string of the molecule is Cc1ccccc1-c1cc(NC(=O)NC2CCCCC2)n(CCO)n1. The van der Waals surface area contributed by atoms with Crippen molar-refractivity contribution >= 4 is 11.8 Å². The molecule has 3 rings (SSSR count). The number of aliphatic hydroxyl groups is 1. The molecule has 6 nitrogen and oxygen atoms in total. The Morgan fingerprint density at radius 2 is 2.04 bits per heavy atom. The van der Waals surface area contributed by atoms with E-state index in [0.717, 1.165) is 29.7 Å². The first kappa shape index (κ1) is 17.5. The highest BCUT2D eigenvalue weighted by Crippen LogP contribution is 2.25. The van der Waals surface area contributed by atoms with Crippen molar-refractivity contribution < 1.29 is 9.90 Å². The van der Waals surface area contributed by atoms with Gasteiger partial charge in [0, 0.05) is 17.7 Å². The summed E-state index contributed by atoms with van der Waals surface area (Å²) in [6.07, 6.45) is 5.67. The van der Waals surface area contributed by atoms with Gasteiger partial charge in [-0.1, -0.05) is 43.5 Å². The van der Waals surface area contributed by atoms with E-state index in [2.05, 4.69) is 15.7 Å². The predicted octanol–water partition coefficient (Wildman–Crippen LogP) is 3.31. The van der Waals surface area contributed by atoms with E-state index in [-0.39, 0.29) is 18.7 Å². The average molecular weight is 342 g/mol. The summed E-state index contributed by atoms with van der Waals surface area (Å²) < 4.78 is 1.64. The Kier molecular flexibility index (Phi) is 5.71. The van der Waals surface area contributed by atoms with Crippen LogP contribution in [0.3, 0.4) is 0 Å². The second-order valence-corrected chi connectivity index (χ2v) is 6.61. The lowest BCUT2D eigenvalue weighted by Crippen LogP contribution is -2.39. The zero-order valence-corrected chi connectivity index (χ0v) is 14.7. The van der Waals surface area contributed by atoms with Crippen LogP contribution in [0.4, 0.5) is 10.6 Å². The van der Waals surface area contributed by atoms with Crippen molar-refractivity contribution in [2.24, 2.45) is 0 Å². The molecule has 1 aliphatic rings. The molecule has 0 aliphatic heterocycles. The molecule has 25 heavy (non-hydrogen) atoms. The van der Waals surface area contributed by atoms with Crippen molar-refractivity contribution in [3.05, 3.63) is 35.9 Å². The summed E-state index contributed by atoms with van der Waals surface area (Å²) in [7, 11) is 0. The standard InChI is InChI=1S/C19H26N4O2/c1-14-7-5-6-10-16(14)17-13-18(23(22-17)11-12-24)21-19(25)20-15-8-3-2-4-9-15/h5-7,10,13,15,24H,2-4,8-9,11-12H2,1H3,(H2,20,21,25). The minimum Gasteiger partial charge on any atom is -0.394 e. The highest BCUT2D eigenvalue weighted by atomic mass is 16.3. The number of carbonyl (C=O) groups excluding carboxylic acids is 1. The number of nitrogens with zero attached hydrogens (tertiary/aromatic N) is 2. The molecular weight excluding hydrogens is 316 g/mol. The maximum Gasteiger partial charge on any atom is 0.320 e. The summed E-state index contributed by atoms with van der Waals surface area (Å²) in [6.45, 7) is 2.34. The fourth-order valence-corrected chi connectivity index (χ4v) is 3.36. The first-order valence-electron chi connectivity index (χ1n) is 8.99. The Balaban J connectivity index is 1.75. The van der Waals surface area contributed by atoms with Crippen LogP contribution in [0, 0.1) is 6.92 Å². The van der Waals surface area contributed by atoms with Gasteiger partial charge >= 0.3 is 6.03 Å². The van der Waals surface area contributed by atoms with Crippen molar-refractivity contribution in [1.29, 1.82) is 0 Å². The predicted molar refractivity (Wildman–Crippen MR) is 98.5 cm³/mol. The van der Waals surface area contributed by atoms with Gasteiger partial charge in [-0.25, -0.2) is 9.48 Å². The van der Waals surface area contributed by atoms with E-state index in [4.69, 9.17) is 0 Å². The summed E-state index contributed by atoms with van der Waals surface area (Å²) >= 11 is 0. The molecule has 0 atom stereocenters. The van der Waals surface area contributed by atoms with Gasteiger partial charge in [0.05, 0.1) is 18.8 Å². The summed E-state index contributed by atoms with van der Waals surface area (Å²) in [5.41, 5.74) is 2.93. The maximum absolute atomic E-state index is 12.3. The normalized spacial score (nSPS) is 15.1. The third-order valence-electron chi connectivity index (χ3n) is 4.69. The summed E-state index contributed by atoms with van der Waals surface area (Å²) in [5, 5.41) is 19.8. The van der Waals surface area contributed by atoms with Crippen LogP contribution in [0.15, 0.2) is 30.3 Å². The number of aromatic nitrogens is 2. The van der Waals surface area contributed by atoms with Crippen molar-refractivity contribution in [2.45, 2.75) is 51.6 Å². The Morgan fingerprint density at radius 3 is 2.76 bits per heavy atom. The molecule has 2 amide bonds. The van der Waals surface area contributed by atoms with Crippen LogP contribution in [-0.4, -0.2) is 33.6 Å². The largest absolute Gasteiger partial charge is 0.394 e. The van der Waals surface area contributed by atoms with Crippen LogP contribution in [-0.2, 0) is 6.54 Å². The number of amides is 2. The highest BCUT2D eigenvalue weighted by molar-refractivity contribution is 5.89. The molecule has 2 aromatic rings. The lowest BCUT2D eigenvalue weighted by molar-refractivity contribution is 0.243. The molecule has 1 fully saturated rings. The van der Waals surface area contributed by atoms with E-state index in [9.17, 15) is 9.90 Å². The number of rotatable bonds is 5. The third kappa shape index (κ3) is 4.39. The zero-order valence-electron chi connectivity index (χ0n) is 14.7. The quantitative estimate of drug-likeness (QED) is 0.780. The van der Waals surface area contributed by atoms with Crippen LogP contribution in [0.1, 0.15) is 37.7 Å². The van der Waals surface area contributed by atoms with Gasteiger partial charge in [-0.3, -0.25) is 5.32 Å². The minimum absolute atomic E-state index is 0.0339. The molecule has 6 heteroatoms. The summed E-state index contributed by atoms with van der Waals surface area (Å²) in [6, 6.07) is 9.90. The number of aryl methyl sites for hydroxylation is 1. The van der Waals surface area contributed by atoms with E-state index in [1.54, 1.807) is 4.68 Å². The van der Waals surface area contributed by atoms with Crippen molar-refractivity contribution in [1.82, 2.24) is 15.1 Å². The molecule has 0 spiro atoms. The van der Waals surface area contributed by atoms with Crippen molar-refractivity contribution in [3.8, 4) is 11.3 Å². The second-order valence-electron chi connectivity index (χ2n) is 6.61. The van der Waals surface area contributed by atoms with Crippen LogP contribution < -0.4 is 10.6 Å². The van der Waals surface area contributed by atoms with E-state index in [0.29, 0.717) is 12.4 Å². The van der Waals surface area contributed by atoms with Crippen molar-refractivity contribution in [3.63, 3.8) is 0 Å². The first-order valence-corrected chi connectivity index (χ1v) is 8.99. The minimum atomic E-state index is -0.206. The average Bonchev–Trinajstić information content (AvgIpc) is 2.99. The number of hydrogen-bond acceptors (Lipinski definition) is 3. The van der Waals surface area contributed by atoms with Crippen LogP contribution >= 0.6 is 0 Å². The molecule has 1 heterocycles. The van der Waals surface area contributed by atoms with Gasteiger partial charge in [-0.05, 0) is 25.3 Å². The molecule has 3 N–H and O–H groups in total. The number of carbonyl (C=O) groups is 1. The van der Waals surface area contributed by atoms with Crippen LogP contribution in [0.25, 0.3) is 11.3 Å². The van der Waals surface area contributed by atoms with E-state index in [1.165, 1.54) is 19.3 Å². The molecule has 1 aromatic carbocycles. The Labute approximate surface area is 148 Å². The zero-order chi connectivity index (χ0) is 17.6. The monoisotopic (exact) mass is 342 g/mol. The number of benzene rings is 1. The van der Waals surface area contributed by atoms with Crippen LogP contribution in [0.5, 0.6) is 0 Å². The van der Waals surface area contributed by atoms with E-state index < -0.39 is 0 Å². The molecule has 0 saturated heterocycles. The number of hydrogen-bond donors (Lipinski definition) is 3. The van der Waals surface area contributed by atoms with Crippen LogP contribution in [0.2, 0.25) is 0 Å². The fourth-order valence-electron chi connectivity index (χ4n) is 3.36. The number of aliphatic hydroxyl groups excluding tert-OH is 1. The highest BCUT2D eigenvalue weighted by Gasteiger charge is 2.17. The Bertz CT molecular complexity index is 720. The molecule has 1 aromatic heterocycles. The Morgan fingerprint density at radius 1 is 1.28 bits per heavy atom. The topological polar surface area (TPSA) is 79.2 Å². The molecule has 134 valence electrons. The molecule has 1 saturated carbocycles.